The van der Waals surface area contributed by atoms with Gasteiger partial charge in [-0.05, 0) is 99.0 Å². The molecule has 37 heavy (non-hydrogen) atoms. The third-order valence-corrected chi connectivity index (χ3v) is 20.4. The van der Waals surface area contributed by atoms with E-state index in [1.54, 1.807) is 0 Å². The van der Waals surface area contributed by atoms with E-state index >= 15 is 0 Å². The molecule has 0 aliphatic heterocycles. The van der Waals surface area contributed by atoms with Gasteiger partial charge in [0.1, 0.15) is 5.69 Å². The van der Waals surface area contributed by atoms with Gasteiger partial charge in [-0.1, -0.05) is 67.0 Å². The Balaban J connectivity index is 1.71. The summed E-state index contributed by atoms with van der Waals surface area (Å²) in [6.07, 6.45) is 9.10. The van der Waals surface area contributed by atoms with Crippen molar-refractivity contribution >= 4 is 16.6 Å². The zero-order valence-electron chi connectivity index (χ0n) is 26.4. The summed E-state index contributed by atoms with van der Waals surface area (Å²) in [6.45, 7) is 29.2. The number of fused-ring (bicyclic) bond motifs is 1. The predicted molar refractivity (Wildman–Crippen MR) is 161 cm³/mol. The van der Waals surface area contributed by atoms with E-state index in [9.17, 15) is 0 Å². The van der Waals surface area contributed by atoms with Crippen LogP contribution in [0.25, 0.3) is 0 Å². The predicted octanol–water partition coefficient (Wildman–Crippen LogP) is 8.78. The molecule has 2 aliphatic rings. The minimum atomic E-state index is -1.77. The number of rotatable bonds is 11. The summed E-state index contributed by atoms with van der Waals surface area (Å²) in [4.78, 5) is 0. The molecular weight excluding hydrogens is 491 g/mol. The minimum absolute atomic E-state index is 0.266. The molecule has 7 heteroatoms. The second-order valence-corrected chi connectivity index (χ2v) is 24.2. The highest BCUT2D eigenvalue weighted by molar-refractivity contribution is 6.74. The lowest BCUT2D eigenvalue weighted by Crippen LogP contribution is -2.50. The maximum absolute atomic E-state index is 7.08. The first kappa shape index (κ1) is 31.0. The highest BCUT2D eigenvalue weighted by Gasteiger charge is 2.54. The molecule has 2 aliphatic carbocycles. The Morgan fingerprint density at radius 2 is 1.68 bits per heavy atom. The number of nitrogens with zero attached hydrogens (tertiary/aromatic N) is 3. The molecule has 5 nitrogen and oxygen atoms in total. The Hall–Kier alpha value is -0.506. The third-order valence-electron chi connectivity index (χ3n) is 11.1. The lowest BCUT2D eigenvalue weighted by Gasteiger charge is -2.49. The van der Waals surface area contributed by atoms with E-state index in [2.05, 4.69) is 104 Å². The molecular formula is C30H59N3O2Si2. The van der Waals surface area contributed by atoms with E-state index in [4.69, 9.17) is 8.85 Å². The van der Waals surface area contributed by atoms with E-state index in [-0.39, 0.29) is 5.04 Å². The van der Waals surface area contributed by atoms with E-state index in [1.165, 1.54) is 32.1 Å². The van der Waals surface area contributed by atoms with Crippen molar-refractivity contribution in [3.05, 3.63) is 11.9 Å². The first-order valence-electron chi connectivity index (χ1n) is 15.3. The van der Waals surface area contributed by atoms with Crippen molar-refractivity contribution < 1.29 is 8.85 Å². The fourth-order valence-corrected chi connectivity index (χ4v) is 11.9. The van der Waals surface area contributed by atoms with Crippen LogP contribution in [-0.2, 0) is 21.0 Å². The molecule has 1 unspecified atom stereocenters. The van der Waals surface area contributed by atoms with E-state index < -0.39 is 22.2 Å². The van der Waals surface area contributed by atoms with Crippen LogP contribution in [0.4, 0.5) is 0 Å². The maximum Gasteiger partial charge on any atom is 0.193 e. The van der Waals surface area contributed by atoms with Crippen molar-refractivity contribution in [2.45, 2.75) is 156 Å². The summed E-state index contributed by atoms with van der Waals surface area (Å²) in [5, 5.41) is 9.49. The van der Waals surface area contributed by atoms with Crippen LogP contribution in [0.15, 0.2) is 6.20 Å². The van der Waals surface area contributed by atoms with Gasteiger partial charge in [0.25, 0.3) is 0 Å². The third kappa shape index (κ3) is 6.30. The lowest BCUT2D eigenvalue weighted by molar-refractivity contribution is -0.0222. The number of hydrogen-bond acceptors (Lipinski definition) is 4. The first-order chi connectivity index (χ1) is 17.0. The normalized spacial score (nSPS) is 28.4. The molecule has 0 radical (unpaired) electrons. The van der Waals surface area contributed by atoms with Crippen molar-refractivity contribution in [1.29, 1.82) is 0 Å². The van der Waals surface area contributed by atoms with Gasteiger partial charge in [-0.2, -0.15) is 0 Å². The Labute approximate surface area is 231 Å². The molecule has 3 rings (SSSR count). The van der Waals surface area contributed by atoms with Gasteiger partial charge in [0.2, 0.25) is 0 Å². The quantitative estimate of drug-likeness (QED) is 0.259. The summed E-state index contributed by atoms with van der Waals surface area (Å²) in [7, 11) is -3.50. The standard InChI is InChI=1S/C30H59N3O2Si2/c1-13-37(14-2,15-3)35-29(8,9)27-22-33(32-31-27)21-23(4)24-18-19-25-26(17-16-20-30(24,25)10)34-36(11,12)28(5,6)7/h22-26H,13-21H2,1-12H3/t23-,24?,25+,26+,30-/m1/s1. The number of aromatic nitrogens is 3. The van der Waals surface area contributed by atoms with Gasteiger partial charge in [-0.15, -0.1) is 5.10 Å². The summed E-state index contributed by atoms with van der Waals surface area (Å²) in [5.74, 6) is 1.97. The summed E-state index contributed by atoms with van der Waals surface area (Å²) in [6, 6.07) is 3.45. The number of hydrogen-bond donors (Lipinski definition) is 0. The minimum Gasteiger partial charge on any atom is -0.414 e. The van der Waals surface area contributed by atoms with Gasteiger partial charge < -0.3 is 8.85 Å². The first-order valence-corrected chi connectivity index (χ1v) is 20.8. The van der Waals surface area contributed by atoms with Crippen LogP contribution < -0.4 is 0 Å². The van der Waals surface area contributed by atoms with Crippen LogP contribution in [0, 0.1) is 23.2 Å². The average Bonchev–Trinajstić information content (AvgIpc) is 3.42. The summed E-state index contributed by atoms with van der Waals surface area (Å²) >= 11 is 0. The van der Waals surface area contributed by atoms with Gasteiger partial charge in [-0.25, -0.2) is 0 Å². The fraction of sp³-hybridized carbons (Fsp3) is 0.933. The van der Waals surface area contributed by atoms with Crippen molar-refractivity contribution in [3.8, 4) is 0 Å². The maximum atomic E-state index is 7.08. The van der Waals surface area contributed by atoms with Gasteiger partial charge >= 0.3 is 0 Å². The van der Waals surface area contributed by atoms with Crippen molar-refractivity contribution in [2.24, 2.45) is 23.2 Å². The topological polar surface area (TPSA) is 49.2 Å². The fourth-order valence-electron chi connectivity index (χ4n) is 7.44. The van der Waals surface area contributed by atoms with Crippen molar-refractivity contribution in [2.75, 3.05) is 0 Å². The van der Waals surface area contributed by atoms with Crippen molar-refractivity contribution in [1.82, 2.24) is 15.0 Å². The molecule has 0 bridgehead atoms. The van der Waals surface area contributed by atoms with Gasteiger partial charge in [0.15, 0.2) is 16.6 Å². The molecule has 214 valence electrons. The monoisotopic (exact) mass is 549 g/mol. The Morgan fingerprint density at radius 1 is 1.05 bits per heavy atom. The van der Waals surface area contributed by atoms with Crippen LogP contribution in [-0.4, -0.2) is 37.7 Å². The molecule has 1 aromatic heterocycles. The van der Waals surface area contributed by atoms with Gasteiger partial charge in [-0.3, -0.25) is 4.68 Å². The Kier molecular flexibility index (Phi) is 9.37. The molecule has 5 atom stereocenters. The van der Waals surface area contributed by atoms with Gasteiger partial charge in [0, 0.05) is 12.6 Å². The largest absolute Gasteiger partial charge is 0.414 e. The van der Waals surface area contributed by atoms with Crippen LogP contribution in [0.5, 0.6) is 0 Å². The molecule has 2 fully saturated rings. The van der Waals surface area contributed by atoms with Crippen LogP contribution in [0.2, 0.25) is 36.3 Å². The molecule has 0 saturated heterocycles. The van der Waals surface area contributed by atoms with Crippen molar-refractivity contribution in [3.63, 3.8) is 0 Å². The molecule has 0 amide bonds. The Bertz CT molecular complexity index is 881. The Morgan fingerprint density at radius 3 is 2.24 bits per heavy atom. The average molecular weight is 550 g/mol. The SMILES string of the molecule is CC[Si](CC)(CC)OC(C)(C)c1cn(C[C@@H](C)C2CC[C@H]3[C@@H](O[Si](C)(C)C(C)(C)C)CCC[C@]23C)nn1. The smallest absolute Gasteiger partial charge is 0.193 e. The zero-order valence-corrected chi connectivity index (χ0v) is 28.4. The second-order valence-electron chi connectivity index (χ2n) is 14.8. The molecule has 0 N–H and O–H groups in total. The molecule has 0 spiro atoms. The van der Waals surface area contributed by atoms with Crippen LogP contribution >= 0.6 is 0 Å². The van der Waals surface area contributed by atoms with E-state index in [0.717, 1.165) is 30.4 Å². The molecule has 1 heterocycles. The molecule has 0 aromatic carbocycles. The second kappa shape index (κ2) is 11.2. The molecule has 2 saturated carbocycles. The molecule has 1 aromatic rings. The highest BCUT2D eigenvalue weighted by Crippen LogP contribution is 2.59. The van der Waals surface area contributed by atoms with Crippen LogP contribution in [0.3, 0.4) is 0 Å². The van der Waals surface area contributed by atoms with Gasteiger partial charge in [0.05, 0.1) is 11.8 Å². The van der Waals surface area contributed by atoms with E-state index in [1.807, 2.05) is 0 Å². The van der Waals surface area contributed by atoms with E-state index in [0.29, 0.717) is 29.3 Å². The highest BCUT2D eigenvalue weighted by atomic mass is 28.4. The lowest BCUT2D eigenvalue weighted by atomic mass is 9.62. The van der Waals surface area contributed by atoms with Crippen LogP contribution in [0.1, 0.15) is 107 Å². The summed E-state index contributed by atoms with van der Waals surface area (Å²) in [5.41, 5.74) is 0.950. The summed E-state index contributed by atoms with van der Waals surface area (Å²) < 4.78 is 16.0. The zero-order chi connectivity index (χ0) is 27.9.